The van der Waals surface area contributed by atoms with E-state index in [0.29, 0.717) is 11.5 Å². The van der Waals surface area contributed by atoms with Crippen LogP contribution in [0, 0.1) is 17.2 Å². The van der Waals surface area contributed by atoms with Gasteiger partial charge in [-0.1, -0.05) is 37.3 Å². The molecular formula is C25H22N2O3. The van der Waals surface area contributed by atoms with Gasteiger partial charge in [0.05, 0.1) is 23.9 Å². The zero-order valence-corrected chi connectivity index (χ0v) is 17.0. The first-order valence-corrected chi connectivity index (χ1v) is 9.91. The van der Waals surface area contributed by atoms with Crippen LogP contribution in [0.2, 0.25) is 0 Å². The Morgan fingerprint density at radius 1 is 1.20 bits per heavy atom. The molecule has 150 valence electrons. The summed E-state index contributed by atoms with van der Waals surface area (Å²) in [6, 6.07) is 17.3. The van der Waals surface area contributed by atoms with E-state index in [0.717, 1.165) is 51.9 Å². The van der Waals surface area contributed by atoms with Crippen molar-refractivity contribution in [2.45, 2.75) is 19.8 Å². The smallest absolute Gasteiger partial charge is 0.340 e. The zero-order chi connectivity index (χ0) is 21.1. The molecule has 4 rings (SSSR count). The molecule has 0 bridgehead atoms. The number of allylic oxidation sites excluding steroid dienone is 1. The van der Waals surface area contributed by atoms with Crippen LogP contribution in [0.4, 0.5) is 0 Å². The van der Waals surface area contributed by atoms with Crippen LogP contribution < -0.4 is 4.74 Å². The van der Waals surface area contributed by atoms with Gasteiger partial charge >= 0.3 is 5.97 Å². The van der Waals surface area contributed by atoms with Crippen LogP contribution in [0.25, 0.3) is 22.6 Å². The van der Waals surface area contributed by atoms with E-state index >= 15 is 0 Å². The second-order valence-corrected chi connectivity index (χ2v) is 7.52. The van der Waals surface area contributed by atoms with Gasteiger partial charge in [0.25, 0.3) is 0 Å². The number of hydrogen-bond acceptors (Lipinski definition) is 5. The van der Waals surface area contributed by atoms with E-state index in [1.807, 2.05) is 54.6 Å². The maximum Gasteiger partial charge on any atom is 0.340 e. The zero-order valence-electron chi connectivity index (χ0n) is 17.0. The Morgan fingerprint density at radius 3 is 2.70 bits per heavy atom. The van der Waals surface area contributed by atoms with Crippen molar-refractivity contribution in [3.8, 4) is 11.8 Å². The number of fused-ring (bicyclic) bond motifs is 2. The molecule has 2 aromatic carbocycles. The molecule has 5 heteroatoms. The number of ether oxygens (including phenoxy) is 2. The third kappa shape index (κ3) is 3.77. The summed E-state index contributed by atoms with van der Waals surface area (Å²) >= 11 is 0. The monoisotopic (exact) mass is 398 g/mol. The highest BCUT2D eigenvalue weighted by Crippen LogP contribution is 2.38. The molecule has 0 N–H and O–H groups in total. The Hall–Kier alpha value is -3.65. The van der Waals surface area contributed by atoms with Gasteiger partial charge in [-0.25, -0.2) is 9.78 Å². The number of esters is 1. The standard InChI is InChI=1S/C25H22N2O3/c1-16-13-18(15-17-7-9-19(29-2)10-8-17)24-21(14-16)23(25(28)30-12-11-26)20-5-3-4-6-22(20)27-24/h3-10,15-16H,12-14H2,1-2H3. The van der Waals surface area contributed by atoms with E-state index in [-0.39, 0.29) is 6.61 Å². The number of hydrogen-bond donors (Lipinski definition) is 0. The molecule has 0 fully saturated rings. The number of nitriles is 1. The summed E-state index contributed by atoms with van der Waals surface area (Å²) in [6.07, 6.45) is 3.74. The van der Waals surface area contributed by atoms with Gasteiger partial charge in [0, 0.05) is 5.39 Å². The molecule has 5 nitrogen and oxygen atoms in total. The molecule has 3 aromatic rings. The number of nitrogens with zero attached hydrogens (tertiary/aromatic N) is 2. The Kier molecular flexibility index (Phi) is 5.49. The van der Waals surface area contributed by atoms with Crippen LogP contribution in [0.3, 0.4) is 0 Å². The lowest BCUT2D eigenvalue weighted by Crippen LogP contribution is -2.19. The predicted molar refractivity (Wildman–Crippen MR) is 116 cm³/mol. The van der Waals surface area contributed by atoms with Gasteiger partial charge in [0.2, 0.25) is 0 Å². The molecule has 1 unspecified atom stereocenters. The number of benzene rings is 2. The second-order valence-electron chi connectivity index (χ2n) is 7.52. The van der Waals surface area contributed by atoms with Crippen molar-refractivity contribution in [2.75, 3.05) is 13.7 Å². The minimum absolute atomic E-state index is 0.269. The Bertz CT molecular complexity index is 1170. The van der Waals surface area contributed by atoms with E-state index < -0.39 is 5.97 Å². The minimum Gasteiger partial charge on any atom is -0.497 e. The summed E-state index contributed by atoms with van der Waals surface area (Å²) in [5, 5.41) is 9.60. The summed E-state index contributed by atoms with van der Waals surface area (Å²) in [5.74, 6) is 0.693. The molecule has 0 saturated carbocycles. The van der Waals surface area contributed by atoms with Crippen molar-refractivity contribution in [3.05, 3.63) is 70.9 Å². The van der Waals surface area contributed by atoms with Crippen LogP contribution in [-0.4, -0.2) is 24.7 Å². The summed E-state index contributed by atoms with van der Waals surface area (Å²) in [6.45, 7) is 1.90. The van der Waals surface area contributed by atoms with Crippen molar-refractivity contribution >= 4 is 28.5 Å². The summed E-state index contributed by atoms with van der Waals surface area (Å²) in [4.78, 5) is 17.8. The Balaban J connectivity index is 1.90. The average Bonchev–Trinajstić information content (AvgIpc) is 2.76. The van der Waals surface area contributed by atoms with Crippen molar-refractivity contribution in [1.82, 2.24) is 4.98 Å². The van der Waals surface area contributed by atoms with E-state index in [1.54, 1.807) is 7.11 Å². The molecule has 1 atom stereocenters. The molecule has 0 radical (unpaired) electrons. The lowest BCUT2D eigenvalue weighted by Gasteiger charge is -2.26. The summed E-state index contributed by atoms with van der Waals surface area (Å²) in [7, 11) is 1.65. The highest BCUT2D eigenvalue weighted by molar-refractivity contribution is 6.06. The normalized spacial score (nSPS) is 16.7. The molecule has 1 aromatic heterocycles. The molecule has 1 aliphatic rings. The number of para-hydroxylation sites is 1. The van der Waals surface area contributed by atoms with Crippen molar-refractivity contribution in [3.63, 3.8) is 0 Å². The largest absolute Gasteiger partial charge is 0.497 e. The highest BCUT2D eigenvalue weighted by atomic mass is 16.5. The first kappa shape index (κ1) is 19.7. The molecular weight excluding hydrogens is 376 g/mol. The lowest BCUT2D eigenvalue weighted by molar-refractivity contribution is 0.0555. The minimum atomic E-state index is -0.468. The van der Waals surface area contributed by atoms with Crippen LogP contribution >= 0.6 is 0 Å². The van der Waals surface area contributed by atoms with Gasteiger partial charge in [-0.2, -0.15) is 5.26 Å². The predicted octanol–water partition coefficient (Wildman–Crippen LogP) is 5.05. The van der Waals surface area contributed by atoms with Crippen LogP contribution in [0.15, 0.2) is 48.5 Å². The van der Waals surface area contributed by atoms with Crippen LogP contribution in [0.1, 0.15) is 40.5 Å². The second kappa shape index (κ2) is 8.38. The van der Waals surface area contributed by atoms with E-state index in [2.05, 4.69) is 13.0 Å². The lowest BCUT2D eigenvalue weighted by atomic mass is 9.80. The van der Waals surface area contributed by atoms with Gasteiger partial charge in [-0.05, 0) is 59.7 Å². The number of pyridine rings is 1. The molecule has 0 amide bonds. The number of aromatic nitrogens is 1. The van der Waals surface area contributed by atoms with Gasteiger partial charge in [0.15, 0.2) is 6.61 Å². The first-order valence-electron chi connectivity index (χ1n) is 9.91. The fraction of sp³-hybridized carbons (Fsp3) is 0.240. The number of methoxy groups -OCH3 is 1. The molecule has 1 aliphatic carbocycles. The fourth-order valence-electron chi connectivity index (χ4n) is 4.04. The molecule has 0 aliphatic heterocycles. The van der Waals surface area contributed by atoms with Gasteiger partial charge < -0.3 is 9.47 Å². The quantitative estimate of drug-likeness (QED) is 0.575. The van der Waals surface area contributed by atoms with Gasteiger partial charge in [0.1, 0.15) is 11.8 Å². The molecule has 0 spiro atoms. The average molecular weight is 398 g/mol. The fourth-order valence-corrected chi connectivity index (χ4v) is 4.04. The molecule has 1 heterocycles. The third-order valence-corrected chi connectivity index (χ3v) is 5.35. The first-order chi connectivity index (χ1) is 14.6. The Labute approximate surface area is 175 Å². The van der Waals surface area contributed by atoms with Gasteiger partial charge in [-0.15, -0.1) is 0 Å². The van der Waals surface area contributed by atoms with E-state index in [1.165, 1.54) is 0 Å². The number of rotatable bonds is 4. The number of carbonyl (C=O) groups is 1. The molecule has 30 heavy (non-hydrogen) atoms. The van der Waals surface area contributed by atoms with Crippen LogP contribution in [-0.2, 0) is 11.2 Å². The highest BCUT2D eigenvalue weighted by Gasteiger charge is 2.28. The number of carbonyl (C=O) groups excluding carboxylic acids is 1. The summed E-state index contributed by atoms with van der Waals surface area (Å²) in [5.41, 5.74) is 5.15. The van der Waals surface area contributed by atoms with Crippen molar-refractivity contribution < 1.29 is 14.3 Å². The van der Waals surface area contributed by atoms with Crippen LogP contribution in [0.5, 0.6) is 5.75 Å². The SMILES string of the molecule is COc1ccc(C=C2CC(C)Cc3c2nc2ccccc2c3C(=O)OCC#N)cc1. The van der Waals surface area contributed by atoms with Crippen molar-refractivity contribution in [2.24, 2.45) is 5.92 Å². The Morgan fingerprint density at radius 2 is 1.97 bits per heavy atom. The van der Waals surface area contributed by atoms with Crippen molar-refractivity contribution in [1.29, 1.82) is 5.26 Å². The maximum absolute atomic E-state index is 12.9. The van der Waals surface area contributed by atoms with E-state index in [4.69, 9.17) is 19.7 Å². The van der Waals surface area contributed by atoms with Gasteiger partial charge in [-0.3, -0.25) is 0 Å². The topological polar surface area (TPSA) is 72.2 Å². The molecule has 0 saturated heterocycles. The third-order valence-electron chi connectivity index (χ3n) is 5.35. The maximum atomic E-state index is 12.9. The van der Waals surface area contributed by atoms with E-state index in [9.17, 15) is 4.79 Å². The summed E-state index contributed by atoms with van der Waals surface area (Å²) < 4.78 is 10.5.